The van der Waals surface area contributed by atoms with Gasteiger partial charge in [-0.15, -0.1) is 5.10 Å². The Hall–Kier alpha value is -2.00. The van der Waals surface area contributed by atoms with Crippen LogP contribution in [0.3, 0.4) is 0 Å². The van der Waals surface area contributed by atoms with Crippen LogP contribution in [-0.2, 0) is 6.67 Å². The third-order valence-corrected chi connectivity index (χ3v) is 4.17. The first kappa shape index (κ1) is 15.9. The third-order valence-electron chi connectivity index (χ3n) is 4.17. The Morgan fingerprint density at radius 2 is 1.87 bits per heavy atom. The molecule has 124 valence electrons. The van der Waals surface area contributed by atoms with Gasteiger partial charge in [-0.05, 0) is 25.0 Å². The SMILES string of the molecule is O=c1c2ccccc2nnn1CN1CCC(O)(C(F)(F)F)CC1. The van der Waals surface area contributed by atoms with Gasteiger partial charge in [-0.3, -0.25) is 9.69 Å². The van der Waals surface area contributed by atoms with Crippen molar-refractivity contribution in [1.82, 2.24) is 19.9 Å². The standard InChI is InChI=1S/C14H15F3N4O2/c15-14(16,17)13(23)5-7-20(8-6-13)9-21-12(22)10-3-1-2-4-11(10)18-19-21/h1-4,23H,5-9H2. The average molecular weight is 328 g/mol. The van der Waals surface area contributed by atoms with E-state index in [0.29, 0.717) is 10.9 Å². The van der Waals surface area contributed by atoms with Crippen molar-refractivity contribution in [2.24, 2.45) is 0 Å². The number of rotatable bonds is 2. The summed E-state index contributed by atoms with van der Waals surface area (Å²) in [4.78, 5) is 13.9. The van der Waals surface area contributed by atoms with E-state index in [0.717, 1.165) is 4.68 Å². The summed E-state index contributed by atoms with van der Waals surface area (Å²) in [6.07, 6.45) is -5.49. The number of benzene rings is 1. The summed E-state index contributed by atoms with van der Waals surface area (Å²) in [5, 5.41) is 17.8. The van der Waals surface area contributed by atoms with E-state index >= 15 is 0 Å². The molecule has 1 saturated heterocycles. The number of halogens is 3. The molecule has 2 heterocycles. The lowest BCUT2D eigenvalue weighted by Crippen LogP contribution is -2.53. The lowest BCUT2D eigenvalue weighted by molar-refractivity contribution is -0.273. The maximum Gasteiger partial charge on any atom is 0.417 e. The van der Waals surface area contributed by atoms with Crippen LogP contribution in [0, 0.1) is 0 Å². The van der Waals surface area contributed by atoms with E-state index in [-0.39, 0.29) is 25.3 Å². The molecular weight excluding hydrogens is 313 g/mol. The third kappa shape index (κ3) is 2.93. The maximum atomic E-state index is 12.8. The minimum absolute atomic E-state index is 0.0248. The summed E-state index contributed by atoms with van der Waals surface area (Å²) < 4.78 is 39.4. The van der Waals surface area contributed by atoms with Crippen molar-refractivity contribution in [3.8, 4) is 0 Å². The Balaban J connectivity index is 1.75. The van der Waals surface area contributed by atoms with Gasteiger partial charge in [0.1, 0.15) is 5.52 Å². The molecule has 2 aromatic rings. The number of likely N-dealkylation sites (tertiary alicyclic amines) is 1. The summed E-state index contributed by atoms with van der Waals surface area (Å²) in [5.41, 5.74) is -2.52. The largest absolute Gasteiger partial charge is 0.417 e. The maximum absolute atomic E-state index is 12.8. The number of alkyl halides is 3. The zero-order chi connectivity index (χ0) is 16.7. The number of aromatic nitrogens is 3. The molecule has 23 heavy (non-hydrogen) atoms. The zero-order valence-electron chi connectivity index (χ0n) is 12.1. The van der Waals surface area contributed by atoms with Crippen LogP contribution in [-0.4, -0.2) is 49.9 Å². The van der Waals surface area contributed by atoms with Crippen molar-refractivity contribution in [1.29, 1.82) is 0 Å². The molecule has 0 saturated carbocycles. The number of hydrogen-bond donors (Lipinski definition) is 1. The fraction of sp³-hybridized carbons (Fsp3) is 0.500. The molecule has 0 radical (unpaired) electrons. The van der Waals surface area contributed by atoms with Crippen LogP contribution in [0.5, 0.6) is 0 Å². The van der Waals surface area contributed by atoms with Gasteiger partial charge in [-0.1, -0.05) is 17.3 Å². The van der Waals surface area contributed by atoms with Crippen molar-refractivity contribution in [3.63, 3.8) is 0 Å². The number of piperidine rings is 1. The normalized spacial score (nSPS) is 19.1. The highest BCUT2D eigenvalue weighted by Gasteiger charge is 2.54. The van der Waals surface area contributed by atoms with Gasteiger partial charge in [-0.2, -0.15) is 17.9 Å². The second-order valence-corrected chi connectivity index (χ2v) is 5.70. The van der Waals surface area contributed by atoms with Crippen LogP contribution in [0.4, 0.5) is 13.2 Å². The Kier molecular flexibility index (Phi) is 3.85. The molecular formula is C14H15F3N4O2. The fourth-order valence-corrected chi connectivity index (χ4v) is 2.65. The molecule has 0 spiro atoms. The van der Waals surface area contributed by atoms with Gasteiger partial charge in [0.25, 0.3) is 5.56 Å². The van der Waals surface area contributed by atoms with E-state index in [2.05, 4.69) is 10.3 Å². The Morgan fingerprint density at radius 3 is 2.52 bits per heavy atom. The van der Waals surface area contributed by atoms with Crippen molar-refractivity contribution >= 4 is 10.9 Å². The van der Waals surface area contributed by atoms with Gasteiger partial charge in [0.2, 0.25) is 0 Å². The summed E-state index contributed by atoms with van der Waals surface area (Å²) in [6.45, 7) is 0.0958. The molecule has 0 unspecified atom stereocenters. The van der Waals surface area contributed by atoms with Crippen LogP contribution in [0.25, 0.3) is 10.9 Å². The van der Waals surface area contributed by atoms with Gasteiger partial charge in [-0.25, -0.2) is 0 Å². The van der Waals surface area contributed by atoms with Crippen molar-refractivity contribution < 1.29 is 18.3 Å². The van der Waals surface area contributed by atoms with E-state index < -0.39 is 24.6 Å². The van der Waals surface area contributed by atoms with Crippen LogP contribution < -0.4 is 5.56 Å². The van der Waals surface area contributed by atoms with Crippen LogP contribution in [0.2, 0.25) is 0 Å². The predicted octanol–water partition coefficient (Wildman–Crippen LogP) is 1.14. The van der Waals surface area contributed by atoms with E-state index in [4.69, 9.17) is 0 Å². The minimum Gasteiger partial charge on any atom is -0.380 e. The number of hydrogen-bond acceptors (Lipinski definition) is 5. The smallest absolute Gasteiger partial charge is 0.380 e. The Labute approximate surface area is 129 Å². The number of aliphatic hydroxyl groups is 1. The van der Waals surface area contributed by atoms with Gasteiger partial charge in [0.05, 0.1) is 12.1 Å². The summed E-state index contributed by atoms with van der Waals surface area (Å²) in [6, 6.07) is 6.74. The van der Waals surface area contributed by atoms with Crippen LogP contribution in [0.1, 0.15) is 12.8 Å². The fourth-order valence-electron chi connectivity index (χ4n) is 2.65. The molecule has 1 fully saturated rings. The highest BCUT2D eigenvalue weighted by Crippen LogP contribution is 2.38. The van der Waals surface area contributed by atoms with Crippen molar-refractivity contribution in [3.05, 3.63) is 34.6 Å². The molecule has 0 atom stereocenters. The molecule has 3 rings (SSSR count). The Morgan fingerprint density at radius 1 is 1.22 bits per heavy atom. The monoisotopic (exact) mass is 328 g/mol. The lowest BCUT2D eigenvalue weighted by Gasteiger charge is -2.38. The number of fused-ring (bicyclic) bond motifs is 1. The van der Waals surface area contributed by atoms with Crippen LogP contribution in [0.15, 0.2) is 29.1 Å². The highest BCUT2D eigenvalue weighted by molar-refractivity contribution is 5.76. The molecule has 9 heteroatoms. The van der Waals surface area contributed by atoms with E-state index in [1.807, 2.05) is 0 Å². The van der Waals surface area contributed by atoms with Gasteiger partial charge < -0.3 is 5.11 Å². The first-order valence-electron chi connectivity index (χ1n) is 7.14. The van der Waals surface area contributed by atoms with E-state index in [1.165, 1.54) is 0 Å². The number of nitrogens with zero attached hydrogens (tertiary/aromatic N) is 4. The summed E-state index contributed by atoms with van der Waals surface area (Å²) >= 11 is 0. The molecule has 1 N–H and O–H groups in total. The molecule has 0 aliphatic carbocycles. The lowest BCUT2D eigenvalue weighted by atomic mass is 9.91. The van der Waals surface area contributed by atoms with Gasteiger partial charge >= 0.3 is 6.18 Å². The summed E-state index contributed by atoms with van der Waals surface area (Å²) in [7, 11) is 0. The molecule has 1 aliphatic heterocycles. The molecule has 1 aromatic heterocycles. The van der Waals surface area contributed by atoms with E-state index in [9.17, 15) is 23.1 Å². The quantitative estimate of drug-likeness (QED) is 0.895. The van der Waals surface area contributed by atoms with Gasteiger partial charge in [0.15, 0.2) is 5.60 Å². The minimum atomic E-state index is -4.64. The first-order chi connectivity index (χ1) is 10.8. The average Bonchev–Trinajstić information content (AvgIpc) is 2.51. The predicted molar refractivity (Wildman–Crippen MR) is 75.6 cm³/mol. The zero-order valence-corrected chi connectivity index (χ0v) is 12.1. The van der Waals surface area contributed by atoms with Crippen molar-refractivity contribution in [2.75, 3.05) is 13.1 Å². The Bertz CT molecular complexity index is 766. The molecule has 0 bridgehead atoms. The molecule has 6 nitrogen and oxygen atoms in total. The van der Waals surface area contributed by atoms with Gasteiger partial charge in [0, 0.05) is 13.1 Å². The summed E-state index contributed by atoms with van der Waals surface area (Å²) in [5.74, 6) is 0. The topological polar surface area (TPSA) is 71.2 Å². The second kappa shape index (κ2) is 5.57. The van der Waals surface area contributed by atoms with E-state index in [1.54, 1.807) is 29.2 Å². The highest BCUT2D eigenvalue weighted by atomic mass is 19.4. The molecule has 0 amide bonds. The molecule has 1 aromatic carbocycles. The van der Waals surface area contributed by atoms with Crippen molar-refractivity contribution in [2.45, 2.75) is 31.3 Å². The second-order valence-electron chi connectivity index (χ2n) is 5.70. The molecule has 1 aliphatic rings. The first-order valence-corrected chi connectivity index (χ1v) is 7.14. The van der Waals surface area contributed by atoms with Crippen LogP contribution >= 0.6 is 0 Å².